The highest BCUT2D eigenvalue weighted by Crippen LogP contribution is 2.37. The average molecular weight is 211 g/mol. The topological polar surface area (TPSA) is 46.6 Å². The van der Waals surface area contributed by atoms with Crippen LogP contribution in [0.4, 0.5) is 4.79 Å². The molecule has 0 aromatic carbocycles. The molecule has 2 rings (SSSR count). The molecule has 0 aromatic heterocycles. The molecule has 1 saturated heterocycles. The Hall–Kier alpha value is -1.06. The summed E-state index contributed by atoms with van der Waals surface area (Å²) in [6.07, 6.45) is 1.20. The number of carbonyl (C=O) groups excluding carboxylic acids is 2. The van der Waals surface area contributed by atoms with Crippen LogP contribution in [-0.4, -0.2) is 35.0 Å². The van der Waals surface area contributed by atoms with E-state index in [1.807, 2.05) is 20.8 Å². The summed E-state index contributed by atoms with van der Waals surface area (Å²) in [5, 5.41) is 0. The number of hydrogen-bond acceptors (Lipinski definition) is 3. The third-order valence-corrected chi connectivity index (χ3v) is 2.93. The van der Waals surface area contributed by atoms with Gasteiger partial charge in [0.05, 0.1) is 6.04 Å². The first-order chi connectivity index (χ1) is 6.88. The number of hydrogen-bond donors (Lipinski definition) is 0. The zero-order valence-corrected chi connectivity index (χ0v) is 9.45. The number of rotatable bonds is 0. The Kier molecular flexibility index (Phi) is 2.24. The van der Waals surface area contributed by atoms with Crippen molar-refractivity contribution in [1.29, 1.82) is 0 Å². The van der Waals surface area contributed by atoms with Crippen LogP contribution in [0.2, 0.25) is 0 Å². The van der Waals surface area contributed by atoms with Crippen LogP contribution in [0.5, 0.6) is 0 Å². The number of amides is 1. The molecule has 0 spiro atoms. The van der Waals surface area contributed by atoms with E-state index in [-0.39, 0.29) is 17.9 Å². The lowest BCUT2D eigenvalue weighted by Crippen LogP contribution is -2.59. The summed E-state index contributed by atoms with van der Waals surface area (Å²) in [7, 11) is 0. The minimum absolute atomic E-state index is 0.181. The molecule has 0 unspecified atom stereocenters. The molecule has 1 saturated carbocycles. The lowest BCUT2D eigenvalue weighted by atomic mass is 9.92. The predicted octanol–water partition coefficient (Wildman–Crippen LogP) is 1.58. The molecule has 4 heteroatoms. The van der Waals surface area contributed by atoms with Gasteiger partial charge < -0.3 is 4.74 Å². The van der Waals surface area contributed by atoms with Gasteiger partial charge in [0.2, 0.25) is 0 Å². The van der Waals surface area contributed by atoms with Crippen molar-refractivity contribution in [2.75, 3.05) is 6.54 Å². The van der Waals surface area contributed by atoms with Crippen molar-refractivity contribution in [2.24, 2.45) is 5.92 Å². The number of Topliss-reactive ketones (excluding diaryl/α,β-unsaturated/α-hetero) is 1. The van der Waals surface area contributed by atoms with E-state index in [4.69, 9.17) is 4.74 Å². The van der Waals surface area contributed by atoms with Crippen LogP contribution >= 0.6 is 0 Å². The van der Waals surface area contributed by atoms with Crippen LogP contribution in [0.15, 0.2) is 0 Å². The minimum atomic E-state index is -0.482. The molecule has 84 valence electrons. The number of fused-ring (bicyclic) bond motifs is 1. The molecular weight excluding hydrogens is 194 g/mol. The highest BCUT2D eigenvalue weighted by atomic mass is 16.6. The molecular formula is C11H17NO3. The molecule has 2 aliphatic rings. The van der Waals surface area contributed by atoms with Gasteiger partial charge in [-0.15, -0.1) is 0 Å². The van der Waals surface area contributed by atoms with E-state index in [9.17, 15) is 9.59 Å². The van der Waals surface area contributed by atoms with Crippen molar-refractivity contribution in [2.45, 2.75) is 45.3 Å². The zero-order valence-electron chi connectivity index (χ0n) is 9.45. The van der Waals surface area contributed by atoms with E-state index >= 15 is 0 Å². The molecule has 1 heterocycles. The fourth-order valence-electron chi connectivity index (χ4n) is 2.25. The lowest BCUT2D eigenvalue weighted by molar-refractivity contribution is -0.126. The molecule has 15 heavy (non-hydrogen) atoms. The first kappa shape index (κ1) is 10.5. The van der Waals surface area contributed by atoms with E-state index < -0.39 is 5.60 Å². The molecule has 1 aliphatic carbocycles. The van der Waals surface area contributed by atoms with Crippen molar-refractivity contribution in [1.82, 2.24) is 4.90 Å². The van der Waals surface area contributed by atoms with Crippen molar-refractivity contribution < 1.29 is 14.3 Å². The quantitative estimate of drug-likeness (QED) is 0.611. The van der Waals surface area contributed by atoms with Crippen molar-refractivity contribution in [3.8, 4) is 0 Å². The van der Waals surface area contributed by atoms with Gasteiger partial charge in [-0.2, -0.15) is 0 Å². The van der Waals surface area contributed by atoms with Gasteiger partial charge in [-0.3, -0.25) is 9.69 Å². The molecule has 1 amide bonds. The van der Waals surface area contributed by atoms with Crippen molar-refractivity contribution >= 4 is 11.9 Å². The molecule has 0 N–H and O–H groups in total. The second-order valence-electron chi connectivity index (χ2n) is 5.34. The summed E-state index contributed by atoms with van der Waals surface area (Å²) in [5.74, 6) is 0.585. The standard InChI is InChI=1S/C11H17NO3/c1-11(2,3)15-10(14)12-6-7-4-5-8(13)9(7)12/h7,9H,4-6H2,1-3H3/t7-,9+/m1/s1. The minimum Gasteiger partial charge on any atom is -0.444 e. The van der Waals surface area contributed by atoms with Crippen LogP contribution in [0.1, 0.15) is 33.6 Å². The molecule has 2 fully saturated rings. The smallest absolute Gasteiger partial charge is 0.410 e. The Morgan fingerprint density at radius 2 is 2.13 bits per heavy atom. The molecule has 4 nitrogen and oxygen atoms in total. The highest BCUT2D eigenvalue weighted by molar-refractivity contribution is 5.91. The maximum absolute atomic E-state index is 11.7. The van der Waals surface area contributed by atoms with Gasteiger partial charge in [-0.25, -0.2) is 4.79 Å². The summed E-state index contributed by atoms with van der Waals surface area (Å²) >= 11 is 0. The normalized spacial score (nSPS) is 29.8. The second-order valence-corrected chi connectivity index (χ2v) is 5.34. The van der Waals surface area contributed by atoms with Gasteiger partial charge in [0.15, 0.2) is 5.78 Å². The Balaban J connectivity index is 1.96. The van der Waals surface area contributed by atoms with Gasteiger partial charge >= 0.3 is 6.09 Å². The first-order valence-electron chi connectivity index (χ1n) is 5.41. The Morgan fingerprint density at radius 3 is 2.67 bits per heavy atom. The second kappa shape index (κ2) is 3.22. The maximum Gasteiger partial charge on any atom is 0.410 e. The zero-order chi connectivity index (χ0) is 11.2. The van der Waals surface area contributed by atoms with E-state index in [0.29, 0.717) is 18.9 Å². The number of carbonyl (C=O) groups is 2. The average Bonchev–Trinajstić information content (AvgIpc) is 2.21. The first-order valence-corrected chi connectivity index (χ1v) is 5.41. The van der Waals surface area contributed by atoms with Crippen LogP contribution in [-0.2, 0) is 9.53 Å². The Labute approximate surface area is 89.6 Å². The van der Waals surface area contributed by atoms with Gasteiger partial charge in [0.25, 0.3) is 0 Å². The number of likely N-dealkylation sites (tertiary alicyclic amines) is 1. The van der Waals surface area contributed by atoms with Crippen molar-refractivity contribution in [3.63, 3.8) is 0 Å². The Bertz CT molecular complexity index is 305. The van der Waals surface area contributed by atoms with Gasteiger partial charge in [0, 0.05) is 18.9 Å². The van der Waals surface area contributed by atoms with Crippen LogP contribution < -0.4 is 0 Å². The molecule has 0 bridgehead atoms. The summed E-state index contributed by atoms with van der Waals surface area (Å²) in [6.45, 7) is 6.18. The highest BCUT2D eigenvalue weighted by Gasteiger charge is 2.50. The molecule has 0 aromatic rings. The van der Waals surface area contributed by atoms with E-state index in [2.05, 4.69) is 0 Å². The molecule has 2 atom stereocenters. The molecule has 0 radical (unpaired) electrons. The fourth-order valence-corrected chi connectivity index (χ4v) is 2.25. The summed E-state index contributed by atoms with van der Waals surface area (Å²) < 4.78 is 5.23. The summed E-state index contributed by atoms with van der Waals surface area (Å²) in [5.41, 5.74) is -0.482. The summed E-state index contributed by atoms with van der Waals surface area (Å²) in [6, 6.07) is -0.181. The number of nitrogens with zero attached hydrogens (tertiary/aromatic N) is 1. The fraction of sp³-hybridized carbons (Fsp3) is 0.818. The van der Waals surface area contributed by atoms with Crippen LogP contribution in [0.3, 0.4) is 0 Å². The third-order valence-electron chi connectivity index (χ3n) is 2.93. The van der Waals surface area contributed by atoms with E-state index in [1.165, 1.54) is 0 Å². The lowest BCUT2D eigenvalue weighted by Gasteiger charge is -2.43. The van der Waals surface area contributed by atoms with Crippen LogP contribution in [0.25, 0.3) is 0 Å². The van der Waals surface area contributed by atoms with Gasteiger partial charge in [-0.1, -0.05) is 0 Å². The summed E-state index contributed by atoms with van der Waals surface area (Å²) in [4.78, 5) is 24.7. The van der Waals surface area contributed by atoms with Crippen molar-refractivity contribution in [3.05, 3.63) is 0 Å². The number of ether oxygens (including phenoxy) is 1. The van der Waals surface area contributed by atoms with Gasteiger partial charge in [-0.05, 0) is 27.2 Å². The predicted molar refractivity (Wildman–Crippen MR) is 54.5 cm³/mol. The van der Waals surface area contributed by atoms with Crippen LogP contribution in [0, 0.1) is 5.92 Å². The number of ketones is 1. The van der Waals surface area contributed by atoms with E-state index in [1.54, 1.807) is 4.90 Å². The largest absolute Gasteiger partial charge is 0.444 e. The Morgan fingerprint density at radius 1 is 1.47 bits per heavy atom. The van der Waals surface area contributed by atoms with E-state index in [0.717, 1.165) is 6.42 Å². The third kappa shape index (κ3) is 1.85. The van der Waals surface area contributed by atoms with Gasteiger partial charge in [0.1, 0.15) is 5.60 Å². The monoisotopic (exact) mass is 211 g/mol. The maximum atomic E-state index is 11.7. The SMILES string of the molecule is CC(C)(C)OC(=O)N1C[C@H]2CCC(=O)[C@H]21. The molecule has 1 aliphatic heterocycles.